The summed E-state index contributed by atoms with van der Waals surface area (Å²) >= 11 is 8.47. The van der Waals surface area contributed by atoms with Crippen LogP contribution in [0.5, 0.6) is 0 Å². The first kappa shape index (κ1) is 20.4. The highest BCUT2D eigenvalue weighted by Gasteiger charge is 2.12. The Bertz CT molecular complexity index is 1140. The number of pyridine rings is 2. The summed E-state index contributed by atoms with van der Waals surface area (Å²) in [6.45, 7) is 0. The van der Waals surface area contributed by atoms with Crippen molar-refractivity contribution in [2.24, 2.45) is 0 Å². The van der Waals surface area contributed by atoms with E-state index in [-0.39, 0.29) is 11.7 Å². The highest BCUT2D eigenvalue weighted by atomic mass is 35.5. The zero-order valence-electron chi connectivity index (χ0n) is 15.4. The lowest BCUT2D eigenvalue weighted by atomic mass is 10.2. The molecular weight excluding hydrogens is 442 g/mol. The topological polar surface area (TPSA) is 93.8 Å². The van der Waals surface area contributed by atoms with Gasteiger partial charge in [-0.25, -0.2) is 9.97 Å². The lowest BCUT2D eigenvalue weighted by Gasteiger charge is -2.06. The fourth-order valence-electron chi connectivity index (χ4n) is 2.36. The fourth-order valence-corrected chi connectivity index (χ4v) is 3.82. The van der Waals surface area contributed by atoms with E-state index in [1.165, 1.54) is 11.8 Å². The summed E-state index contributed by atoms with van der Waals surface area (Å²) in [5.41, 5.74) is 1.42. The average Bonchev–Trinajstić information content (AvgIpc) is 3.23. The number of hydrogen-bond acceptors (Lipinski definition) is 8. The monoisotopic (exact) mass is 455 g/mol. The van der Waals surface area contributed by atoms with Gasteiger partial charge in [0.05, 0.1) is 5.75 Å². The van der Waals surface area contributed by atoms with E-state index < -0.39 is 0 Å². The number of nitrogens with one attached hydrogen (secondary N) is 1. The molecule has 3 heterocycles. The molecule has 0 radical (unpaired) electrons. The van der Waals surface area contributed by atoms with E-state index in [4.69, 9.17) is 16.0 Å². The third-order valence-corrected chi connectivity index (χ3v) is 5.64. The van der Waals surface area contributed by atoms with E-state index in [0.717, 1.165) is 27.4 Å². The molecule has 3 aromatic heterocycles. The number of carbonyl (C=O) groups is 1. The minimum absolute atomic E-state index is 0.132. The average molecular weight is 456 g/mol. The van der Waals surface area contributed by atoms with Crippen LogP contribution in [0.2, 0.25) is 5.02 Å². The summed E-state index contributed by atoms with van der Waals surface area (Å²) in [5, 5.41) is 13.3. The van der Waals surface area contributed by atoms with Crippen LogP contribution in [0.1, 0.15) is 0 Å². The van der Waals surface area contributed by atoms with Gasteiger partial charge in [-0.2, -0.15) is 0 Å². The van der Waals surface area contributed by atoms with Gasteiger partial charge < -0.3 is 9.73 Å². The van der Waals surface area contributed by atoms with Gasteiger partial charge in [-0.15, -0.1) is 10.2 Å². The van der Waals surface area contributed by atoms with E-state index in [0.29, 0.717) is 21.8 Å². The second kappa shape index (κ2) is 9.75. The highest BCUT2D eigenvalue weighted by molar-refractivity contribution is 7.99. The van der Waals surface area contributed by atoms with Crippen LogP contribution in [0.3, 0.4) is 0 Å². The zero-order chi connectivity index (χ0) is 20.8. The molecule has 10 heteroatoms. The summed E-state index contributed by atoms with van der Waals surface area (Å²) in [6, 6.07) is 16.3. The summed E-state index contributed by atoms with van der Waals surface area (Å²) in [4.78, 5) is 20.8. The summed E-state index contributed by atoms with van der Waals surface area (Å²) < 4.78 is 5.59. The fraction of sp³-hybridized carbons (Fsp3) is 0.0500. The minimum Gasteiger partial charge on any atom is -0.411 e. The Morgan fingerprint density at radius 1 is 1.00 bits per heavy atom. The quantitative estimate of drug-likeness (QED) is 0.386. The molecule has 1 amide bonds. The molecule has 0 saturated heterocycles. The Morgan fingerprint density at radius 3 is 2.63 bits per heavy atom. The number of nitrogens with zero attached hydrogens (tertiary/aromatic N) is 4. The molecule has 0 unspecified atom stereocenters. The predicted octanol–water partition coefficient (Wildman–Crippen LogP) is 5.06. The number of rotatable bonds is 7. The molecule has 7 nitrogen and oxygen atoms in total. The molecule has 150 valence electrons. The lowest BCUT2D eigenvalue weighted by molar-refractivity contribution is -0.113. The van der Waals surface area contributed by atoms with Crippen LogP contribution < -0.4 is 5.32 Å². The smallest absolute Gasteiger partial charge is 0.277 e. The molecule has 30 heavy (non-hydrogen) atoms. The van der Waals surface area contributed by atoms with Crippen LogP contribution in [-0.4, -0.2) is 31.8 Å². The largest absolute Gasteiger partial charge is 0.411 e. The molecule has 0 aliphatic rings. The molecule has 0 saturated carbocycles. The Balaban J connectivity index is 1.32. The summed E-state index contributed by atoms with van der Waals surface area (Å²) in [6.07, 6.45) is 3.37. The van der Waals surface area contributed by atoms with Gasteiger partial charge in [-0.1, -0.05) is 41.2 Å². The maximum atomic E-state index is 12.3. The third-order valence-electron chi connectivity index (χ3n) is 3.69. The van der Waals surface area contributed by atoms with Crippen molar-refractivity contribution in [3.63, 3.8) is 0 Å². The summed E-state index contributed by atoms with van der Waals surface area (Å²) in [5.74, 6) is 0.318. The number of benzene rings is 1. The van der Waals surface area contributed by atoms with Crippen LogP contribution in [0.15, 0.2) is 86.7 Å². The molecule has 0 fully saturated rings. The van der Waals surface area contributed by atoms with Crippen molar-refractivity contribution in [3.05, 3.63) is 72.0 Å². The third kappa shape index (κ3) is 5.59. The molecule has 0 aliphatic heterocycles. The van der Waals surface area contributed by atoms with Crippen molar-refractivity contribution in [2.45, 2.75) is 15.3 Å². The lowest BCUT2D eigenvalue weighted by Crippen LogP contribution is -2.14. The number of halogens is 1. The molecule has 1 N–H and O–H groups in total. The standard InChI is InChI=1S/C20H14ClN5O2S2/c21-14-6-4-13(5-7-14)19-25-26-20(28-19)29-12-16(27)24-15-8-10-23-18(11-15)30-17-3-1-2-9-22-17/h1-11H,12H2,(H,23,24,27). The van der Waals surface area contributed by atoms with E-state index in [1.807, 2.05) is 18.2 Å². The number of carbonyl (C=O) groups excluding carboxylic acids is 1. The van der Waals surface area contributed by atoms with Gasteiger partial charge in [0.2, 0.25) is 11.8 Å². The van der Waals surface area contributed by atoms with Crippen LogP contribution >= 0.6 is 35.1 Å². The zero-order valence-corrected chi connectivity index (χ0v) is 17.7. The van der Waals surface area contributed by atoms with Crippen LogP contribution in [0.25, 0.3) is 11.5 Å². The van der Waals surface area contributed by atoms with Gasteiger partial charge in [0.25, 0.3) is 5.22 Å². The Morgan fingerprint density at radius 2 is 1.83 bits per heavy atom. The first-order valence-corrected chi connectivity index (χ1v) is 10.9. The van der Waals surface area contributed by atoms with Crippen molar-refractivity contribution in [1.82, 2.24) is 20.2 Å². The van der Waals surface area contributed by atoms with Gasteiger partial charge >= 0.3 is 0 Å². The van der Waals surface area contributed by atoms with E-state index in [9.17, 15) is 4.79 Å². The van der Waals surface area contributed by atoms with Crippen molar-refractivity contribution in [2.75, 3.05) is 11.1 Å². The molecule has 4 aromatic rings. The molecule has 4 rings (SSSR count). The molecule has 0 bridgehead atoms. The van der Waals surface area contributed by atoms with Crippen LogP contribution in [0.4, 0.5) is 5.69 Å². The second-order valence-electron chi connectivity index (χ2n) is 5.87. The van der Waals surface area contributed by atoms with Crippen molar-refractivity contribution >= 4 is 46.7 Å². The Kier molecular flexibility index (Phi) is 6.63. The van der Waals surface area contributed by atoms with Crippen LogP contribution in [0, 0.1) is 0 Å². The van der Waals surface area contributed by atoms with Gasteiger partial charge in [0.1, 0.15) is 10.1 Å². The molecule has 0 spiro atoms. The molecule has 0 atom stereocenters. The Labute approximate surface area is 185 Å². The minimum atomic E-state index is -0.189. The van der Waals surface area contributed by atoms with E-state index in [1.54, 1.807) is 48.8 Å². The highest BCUT2D eigenvalue weighted by Crippen LogP contribution is 2.26. The van der Waals surface area contributed by atoms with E-state index in [2.05, 4.69) is 25.5 Å². The van der Waals surface area contributed by atoms with Crippen LogP contribution in [-0.2, 0) is 4.79 Å². The molecular formula is C20H14ClN5O2S2. The number of amides is 1. The van der Waals surface area contributed by atoms with Gasteiger partial charge in [-0.3, -0.25) is 4.79 Å². The predicted molar refractivity (Wildman–Crippen MR) is 117 cm³/mol. The van der Waals surface area contributed by atoms with Crippen molar-refractivity contribution in [3.8, 4) is 11.5 Å². The number of thioether (sulfide) groups is 1. The van der Waals surface area contributed by atoms with Gasteiger partial charge in [-0.05, 0) is 48.5 Å². The number of hydrogen-bond donors (Lipinski definition) is 1. The van der Waals surface area contributed by atoms with Gasteiger partial charge in [0, 0.05) is 28.7 Å². The normalized spacial score (nSPS) is 10.7. The maximum Gasteiger partial charge on any atom is 0.277 e. The first-order chi connectivity index (χ1) is 14.7. The first-order valence-electron chi connectivity index (χ1n) is 8.73. The second-order valence-corrected chi connectivity index (χ2v) is 8.27. The SMILES string of the molecule is O=C(CSc1nnc(-c2ccc(Cl)cc2)o1)Nc1ccnc(Sc2ccccn2)c1. The van der Waals surface area contributed by atoms with E-state index >= 15 is 0 Å². The molecule has 1 aromatic carbocycles. The number of aromatic nitrogens is 4. The Hall–Kier alpha value is -2.88. The summed E-state index contributed by atoms with van der Waals surface area (Å²) in [7, 11) is 0. The van der Waals surface area contributed by atoms with Crippen molar-refractivity contribution in [1.29, 1.82) is 0 Å². The molecule has 0 aliphatic carbocycles. The van der Waals surface area contributed by atoms with Crippen molar-refractivity contribution < 1.29 is 9.21 Å². The maximum absolute atomic E-state index is 12.3. The van der Waals surface area contributed by atoms with Gasteiger partial charge in [0.15, 0.2) is 0 Å². The number of anilines is 1.